The molecule has 0 aromatic heterocycles. The summed E-state index contributed by atoms with van der Waals surface area (Å²) in [4.78, 5) is 1.47. The number of sulfonamides is 1. The molecule has 0 fully saturated rings. The fraction of sp³-hybridized carbons (Fsp3) is 0.400. The fourth-order valence-corrected chi connectivity index (χ4v) is 2.58. The van der Waals surface area contributed by atoms with E-state index >= 15 is 0 Å². The van der Waals surface area contributed by atoms with E-state index in [0.717, 1.165) is 31.2 Å². The van der Waals surface area contributed by atoms with Gasteiger partial charge in [0.25, 0.3) is 10.0 Å². The van der Waals surface area contributed by atoms with Crippen LogP contribution in [0.2, 0.25) is 0 Å². The molecule has 82 valence electrons. The lowest BCUT2D eigenvalue weighted by Gasteiger charge is -2.16. The first-order chi connectivity index (χ1) is 7.13. The largest absolute Gasteiger partial charge is 0.302 e. The smallest absolute Gasteiger partial charge is 0.262 e. The van der Waals surface area contributed by atoms with Crippen LogP contribution in [0.1, 0.15) is 24.0 Å². The van der Waals surface area contributed by atoms with Crippen LogP contribution in [0.4, 0.5) is 0 Å². The van der Waals surface area contributed by atoms with Gasteiger partial charge in [0, 0.05) is 0 Å². The highest BCUT2D eigenvalue weighted by molar-refractivity contribution is 7.89. The molecule has 0 heterocycles. The van der Waals surface area contributed by atoms with Crippen molar-refractivity contribution >= 4 is 10.0 Å². The first kappa shape index (κ1) is 10.6. The van der Waals surface area contributed by atoms with Gasteiger partial charge < -0.3 is 5.21 Å². The molecule has 2 rings (SSSR count). The van der Waals surface area contributed by atoms with Crippen molar-refractivity contribution in [2.75, 3.05) is 0 Å². The van der Waals surface area contributed by atoms with Gasteiger partial charge in [-0.2, -0.15) is 0 Å². The first-order valence-electron chi connectivity index (χ1n) is 4.91. The Hall–Kier alpha value is -0.910. The maximum Gasteiger partial charge on any atom is 0.262 e. The molecule has 1 aliphatic carbocycles. The molecule has 0 amide bonds. The molecule has 0 saturated carbocycles. The summed E-state index contributed by atoms with van der Waals surface area (Å²) in [7, 11) is -3.73. The quantitative estimate of drug-likeness (QED) is 0.747. The average Bonchev–Trinajstić information content (AvgIpc) is 2.28. The van der Waals surface area contributed by atoms with Crippen LogP contribution in [0.25, 0.3) is 0 Å². The molecule has 0 bridgehead atoms. The SMILES string of the molecule is O=S(=O)(NO)c1ccc2c(c1)CCCC2. The Morgan fingerprint density at radius 3 is 2.47 bits per heavy atom. The van der Waals surface area contributed by atoms with E-state index in [4.69, 9.17) is 5.21 Å². The van der Waals surface area contributed by atoms with Crippen molar-refractivity contribution < 1.29 is 13.6 Å². The number of rotatable bonds is 2. The third-order valence-corrected chi connectivity index (χ3v) is 3.87. The molecule has 0 unspecified atom stereocenters. The van der Waals surface area contributed by atoms with Gasteiger partial charge in [0.15, 0.2) is 0 Å². The first-order valence-corrected chi connectivity index (χ1v) is 6.39. The zero-order chi connectivity index (χ0) is 10.9. The summed E-state index contributed by atoms with van der Waals surface area (Å²) in [6.45, 7) is 0. The molecular formula is C10H13NO3S. The molecule has 4 nitrogen and oxygen atoms in total. The summed E-state index contributed by atoms with van der Waals surface area (Å²) in [6, 6.07) is 5.01. The average molecular weight is 227 g/mol. The molecule has 0 radical (unpaired) electrons. The van der Waals surface area contributed by atoms with Crippen LogP contribution in [-0.4, -0.2) is 13.6 Å². The van der Waals surface area contributed by atoms with Crippen molar-refractivity contribution in [3.05, 3.63) is 29.3 Å². The molecular weight excluding hydrogens is 214 g/mol. The summed E-state index contributed by atoms with van der Waals surface area (Å²) >= 11 is 0. The number of benzene rings is 1. The van der Waals surface area contributed by atoms with E-state index < -0.39 is 10.0 Å². The van der Waals surface area contributed by atoms with Crippen molar-refractivity contribution in [1.82, 2.24) is 4.89 Å². The van der Waals surface area contributed by atoms with E-state index in [2.05, 4.69) is 0 Å². The third-order valence-electron chi connectivity index (χ3n) is 2.75. The second-order valence-corrected chi connectivity index (χ2v) is 5.39. The molecule has 0 spiro atoms. The second kappa shape index (κ2) is 3.92. The van der Waals surface area contributed by atoms with Gasteiger partial charge >= 0.3 is 0 Å². The summed E-state index contributed by atoms with van der Waals surface area (Å²) in [6.07, 6.45) is 4.20. The molecule has 0 aliphatic heterocycles. The van der Waals surface area contributed by atoms with Gasteiger partial charge in [-0.1, -0.05) is 11.0 Å². The molecule has 1 aromatic carbocycles. The lowest BCUT2D eigenvalue weighted by molar-refractivity contribution is 0.242. The van der Waals surface area contributed by atoms with Gasteiger partial charge in [0.2, 0.25) is 0 Å². The Bertz CT molecular complexity index is 468. The lowest BCUT2D eigenvalue weighted by Crippen LogP contribution is -2.20. The van der Waals surface area contributed by atoms with Crippen LogP contribution in [-0.2, 0) is 22.9 Å². The van der Waals surface area contributed by atoms with Crippen LogP contribution in [0, 0.1) is 0 Å². The fourth-order valence-electron chi connectivity index (χ4n) is 1.93. The number of aryl methyl sites for hydroxylation is 2. The predicted octanol–water partition coefficient (Wildman–Crippen LogP) is 1.23. The van der Waals surface area contributed by atoms with E-state index in [1.165, 1.54) is 16.5 Å². The van der Waals surface area contributed by atoms with Crippen molar-refractivity contribution in [2.24, 2.45) is 0 Å². The van der Waals surface area contributed by atoms with Gasteiger partial charge in [-0.3, -0.25) is 0 Å². The van der Waals surface area contributed by atoms with Gasteiger partial charge in [-0.25, -0.2) is 8.42 Å². The maximum atomic E-state index is 11.3. The van der Waals surface area contributed by atoms with Crippen molar-refractivity contribution in [2.45, 2.75) is 30.6 Å². The summed E-state index contributed by atoms with van der Waals surface area (Å²) in [5.74, 6) is 0. The minimum absolute atomic E-state index is 0.130. The number of hydrogen-bond donors (Lipinski definition) is 2. The normalized spacial score (nSPS) is 16.1. The van der Waals surface area contributed by atoms with Crippen LogP contribution in [0.5, 0.6) is 0 Å². The summed E-state index contributed by atoms with van der Waals surface area (Å²) < 4.78 is 22.7. The van der Waals surface area contributed by atoms with Crippen LogP contribution < -0.4 is 4.89 Å². The molecule has 0 atom stereocenters. The third kappa shape index (κ3) is 2.04. The molecule has 15 heavy (non-hydrogen) atoms. The van der Waals surface area contributed by atoms with Gasteiger partial charge in [-0.05, 0) is 48.9 Å². The van der Waals surface area contributed by atoms with Crippen LogP contribution in [0.15, 0.2) is 23.1 Å². The van der Waals surface area contributed by atoms with Crippen molar-refractivity contribution in [3.63, 3.8) is 0 Å². The Morgan fingerprint density at radius 1 is 1.13 bits per heavy atom. The molecule has 1 aromatic rings. The molecule has 0 saturated heterocycles. The Morgan fingerprint density at radius 2 is 1.80 bits per heavy atom. The van der Waals surface area contributed by atoms with Gasteiger partial charge in [-0.15, -0.1) is 0 Å². The maximum absolute atomic E-state index is 11.3. The van der Waals surface area contributed by atoms with E-state index in [1.807, 2.05) is 6.07 Å². The highest BCUT2D eigenvalue weighted by Gasteiger charge is 2.16. The van der Waals surface area contributed by atoms with Crippen LogP contribution in [0.3, 0.4) is 0 Å². The zero-order valence-electron chi connectivity index (χ0n) is 8.23. The van der Waals surface area contributed by atoms with Crippen molar-refractivity contribution in [3.8, 4) is 0 Å². The minimum Gasteiger partial charge on any atom is -0.302 e. The Kier molecular flexibility index (Phi) is 2.77. The molecule has 2 N–H and O–H groups in total. The van der Waals surface area contributed by atoms with E-state index in [9.17, 15) is 8.42 Å². The Balaban J connectivity index is 2.45. The van der Waals surface area contributed by atoms with Gasteiger partial charge in [0.1, 0.15) is 0 Å². The molecule has 1 aliphatic rings. The molecule has 5 heteroatoms. The van der Waals surface area contributed by atoms with Crippen LogP contribution >= 0.6 is 0 Å². The topological polar surface area (TPSA) is 66.4 Å². The number of hydrogen-bond acceptors (Lipinski definition) is 3. The highest BCUT2D eigenvalue weighted by Crippen LogP contribution is 2.23. The second-order valence-electron chi connectivity index (χ2n) is 3.73. The van der Waals surface area contributed by atoms with E-state index in [1.54, 1.807) is 6.07 Å². The lowest BCUT2D eigenvalue weighted by atomic mass is 9.92. The van der Waals surface area contributed by atoms with E-state index in [-0.39, 0.29) is 4.90 Å². The number of fused-ring (bicyclic) bond motifs is 1. The Labute approximate surface area is 88.9 Å². The monoisotopic (exact) mass is 227 g/mol. The minimum atomic E-state index is -3.73. The number of nitrogens with one attached hydrogen (secondary N) is 1. The standard InChI is InChI=1S/C10H13NO3S/c12-11-15(13,14)10-6-5-8-3-1-2-4-9(8)7-10/h5-7,11-12H,1-4H2. The predicted molar refractivity (Wildman–Crippen MR) is 55.2 cm³/mol. The summed E-state index contributed by atoms with van der Waals surface area (Å²) in [5.41, 5.74) is 2.30. The highest BCUT2D eigenvalue weighted by atomic mass is 32.2. The van der Waals surface area contributed by atoms with Crippen molar-refractivity contribution in [1.29, 1.82) is 0 Å². The zero-order valence-corrected chi connectivity index (χ0v) is 9.05. The van der Waals surface area contributed by atoms with Gasteiger partial charge in [0.05, 0.1) is 4.90 Å². The van der Waals surface area contributed by atoms with E-state index in [0.29, 0.717) is 0 Å². The summed E-state index contributed by atoms with van der Waals surface area (Å²) in [5, 5.41) is 8.51.